The molecule has 0 aliphatic heterocycles. The fourth-order valence-electron chi connectivity index (χ4n) is 3.25. The van der Waals surface area contributed by atoms with E-state index in [9.17, 15) is 9.59 Å². The quantitative estimate of drug-likeness (QED) is 0.487. The minimum Gasteiger partial charge on any atom is -0.497 e. The average Bonchev–Trinajstić information content (AvgIpc) is 3.27. The topological polar surface area (TPSA) is 101 Å². The van der Waals surface area contributed by atoms with Crippen molar-refractivity contribution in [1.29, 1.82) is 0 Å². The van der Waals surface area contributed by atoms with Gasteiger partial charge in [-0.25, -0.2) is 4.98 Å². The van der Waals surface area contributed by atoms with Gasteiger partial charge in [0.05, 0.1) is 18.1 Å². The van der Waals surface area contributed by atoms with Crippen LogP contribution in [0.5, 0.6) is 5.75 Å². The summed E-state index contributed by atoms with van der Waals surface area (Å²) in [4.78, 5) is 32.6. The van der Waals surface area contributed by atoms with Gasteiger partial charge in [-0.2, -0.15) is 0 Å². The van der Waals surface area contributed by atoms with Gasteiger partial charge in [0, 0.05) is 18.0 Å². The molecular weight excluding hydrogens is 370 g/mol. The SMILES string of the molecule is COc1ccc2c(c1)cc(C(=O)N[C@H](C)C(=O)Nc1nc3ccccc3[nH]1)n2C. The third-order valence-corrected chi connectivity index (χ3v) is 4.85. The van der Waals surface area contributed by atoms with Gasteiger partial charge in [0.2, 0.25) is 11.9 Å². The number of carbonyl (C=O) groups excluding carboxylic acids is 2. The summed E-state index contributed by atoms with van der Waals surface area (Å²) >= 11 is 0. The van der Waals surface area contributed by atoms with Gasteiger partial charge in [0.25, 0.3) is 5.91 Å². The molecule has 29 heavy (non-hydrogen) atoms. The third kappa shape index (κ3) is 3.52. The first-order valence-electron chi connectivity index (χ1n) is 9.16. The molecule has 0 spiro atoms. The first-order valence-corrected chi connectivity index (χ1v) is 9.16. The molecule has 0 radical (unpaired) electrons. The number of hydrogen-bond donors (Lipinski definition) is 3. The van der Waals surface area contributed by atoms with Crippen molar-refractivity contribution in [3.63, 3.8) is 0 Å². The van der Waals surface area contributed by atoms with Gasteiger partial charge in [-0.3, -0.25) is 14.9 Å². The maximum Gasteiger partial charge on any atom is 0.268 e. The lowest BCUT2D eigenvalue weighted by molar-refractivity contribution is -0.117. The number of aryl methyl sites for hydroxylation is 1. The van der Waals surface area contributed by atoms with Crippen LogP contribution in [0.4, 0.5) is 5.95 Å². The minimum atomic E-state index is -0.747. The van der Waals surface area contributed by atoms with Crippen molar-refractivity contribution in [2.75, 3.05) is 12.4 Å². The molecule has 2 heterocycles. The summed E-state index contributed by atoms with van der Waals surface area (Å²) in [6.07, 6.45) is 0. The van der Waals surface area contributed by atoms with Crippen LogP contribution >= 0.6 is 0 Å². The van der Waals surface area contributed by atoms with Crippen molar-refractivity contribution < 1.29 is 14.3 Å². The standard InChI is InChI=1S/C21H21N5O3/c1-12(19(27)25-21-23-15-6-4-5-7-16(15)24-21)22-20(28)18-11-13-10-14(29-3)8-9-17(13)26(18)2/h4-12H,1-3H3,(H,22,28)(H2,23,24,25,27)/t12-/m1/s1. The van der Waals surface area contributed by atoms with Crippen LogP contribution in [0.3, 0.4) is 0 Å². The zero-order chi connectivity index (χ0) is 20.5. The van der Waals surface area contributed by atoms with Crippen LogP contribution in [0.25, 0.3) is 21.9 Å². The molecular formula is C21H21N5O3. The molecule has 0 aliphatic carbocycles. The lowest BCUT2D eigenvalue weighted by Gasteiger charge is -2.13. The number of nitrogens with one attached hydrogen (secondary N) is 3. The first kappa shape index (κ1) is 18.5. The number of carbonyl (C=O) groups is 2. The molecule has 2 aromatic carbocycles. The third-order valence-electron chi connectivity index (χ3n) is 4.85. The van der Waals surface area contributed by atoms with Crippen molar-refractivity contribution in [1.82, 2.24) is 19.9 Å². The van der Waals surface area contributed by atoms with Crippen LogP contribution < -0.4 is 15.4 Å². The Bertz CT molecular complexity index is 1190. The Labute approximate surface area is 166 Å². The Morgan fingerprint density at radius 3 is 2.72 bits per heavy atom. The Morgan fingerprint density at radius 2 is 1.97 bits per heavy atom. The van der Waals surface area contributed by atoms with E-state index in [1.807, 2.05) is 49.5 Å². The van der Waals surface area contributed by atoms with E-state index in [2.05, 4.69) is 20.6 Å². The van der Waals surface area contributed by atoms with E-state index in [-0.39, 0.29) is 11.8 Å². The van der Waals surface area contributed by atoms with Crippen LogP contribution in [0.15, 0.2) is 48.5 Å². The number of imidazole rings is 1. The number of rotatable bonds is 5. The lowest BCUT2D eigenvalue weighted by atomic mass is 10.2. The highest BCUT2D eigenvalue weighted by atomic mass is 16.5. The Kier molecular flexibility index (Phi) is 4.67. The van der Waals surface area contributed by atoms with Crippen LogP contribution in [-0.2, 0) is 11.8 Å². The number of fused-ring (bicyclic) bond motifs is 2. The van der Waals surface area contributed by atoms with Crippen molar-refractivity contribution in [3.8, 4) is 5.75 Å². The van der Waals surface area contributed by atoms with E-state index < -0.39 is 6.04 Å². The number of anilines is 1. The number of benzene rings is 2. The van der Waals surface area contributed by atoms with Crippen LogP contribution in [0, 0.1) is 0 Å². The number of aromatic amines is 1. The van der Waals surface area contributed by atoms with Gasteiger partial charge in [-0.15, -0.1) is 0 Å². The number of hydrogen-bond acceptors (Lipinski definition) is 4. The highest BCUT2D eigenvalue weighted by Crippen LogP contribution is 2.23. The predicted molar refractivity (Wildman–Crippen MR) is 111 cm³/mol. The summed E-state index contributed by atoms with van der Waals surface area (Å²) in [5, 5.41) is 6.32. The van der Waals surface area contributed by atoms with Gasteiger partial charge in [-0.05, 0) is 43.3 Å². The molecule has 4 aromatic rings. The molecule has 8 heteroatoms. The van der Waals surface area contributed by atoms with Crippen molar-refractivity contribution in [2.45, 2.75) is 13.0 Å². The number of H-pyrrole nitrogens is 1. The Balaban J connectivity index is 1.48. The zero-order valence-electron chi connectivity index (χ0n) is 16.3. The average molecular weight is 391 g/mol. The van der Waals surface area contributed by atoms with E-state index in [1.165, 1.54) is 0 Å². The second-order valence-electron chi connectivity index (χ2n) is 6.80. The lowest BCUT2D eigenvalue weighted by Crippen LogP contribution is -2.42. The summed E-state index contributed by atoms with van der Waals surface area (Å²) < 4.78 is 7.02. The largest absolute Gasteiger partial charge is 0.497 e. The highest BCUT2D eigenvalue weighted by molar-refractivity contribution is 6.02. The van der Waals surface area contributed by atoms with E-state index in [1.54, 1.807) is 24.7 Å². The molecule has 0 aliphatic rings. The molecule has 2 amide bonds. The Hall–Kier alpha value is -3.81. The normalized spacial score (nSPS) is 12.1. The van der Waals surface area contributed by atoms with Crippen molar-refractivity contribution >= 4 is 39.7 Å². The fourth-order valence-corrected chi connectivity index (χ4v) is 3.25. The summed E-state index contributed by atoms with van der Waals surface area (Å²) in [7, 11) is 3.41. The summed E-state index contributed by atoms with van der Waals surface area (Å²) in [5.74, 6) is 0.357. The first-order chi connectivity index (χ1) is 14.0. The number of ether oxygens (including phenoxy) is 1. The number of aromatic nitrogens is 3. The van der Waals surface area contributed by atoms with E-state index in [0.717, 1.165) is 21.9 Å². The van der Waals surface area contributed by atoms with E-state index >= 15 is 0 Å². The maximum atomic E-state index is 12.7. The molecule has 0 bridgehead atoms. The number of amides is 2. The zero-order valence-corrected chi connectivity index (χ0v) is 16.3. The molecule has 2 aromatic heterocycles. The molecule has 0 saturated carbocycles. The van der Waals surface area contributed by atoms with Crippen LogP contribution in [0.1, 0.15) is 17.4 Å². The number of para-hydroxylation sites is 2. The summed E-state index contributed by atoms with van der Waals surface area (Å²) in [5.41, 5.74) is 2.93. The molecule has 148 valence electrons. The summed E-state index contributed by atoms with van der Waals surface area (Å²) in [6, 6.07) is 14.1. The van der Waals surface area contributed by atoms with Gasteiger partial charge in [0.15, 0.2) is 0 Å². The van der Waals surface area contributed by atoms with Gasteiger partial charge < -0.3 is 19.6 Å². The van der Waals surface area contributed by atoms with Gasteiger partial charge in [-0.1, -0.05) is 12.1 Å². The molecule has 4 rings (SSSR count). The minimum absolute atomic E-state index is 0.338. The highest BCUT2D eigenvalue weighted by Gasteiger charge is 2.20. The molecule has 3 N–H and O–H groups in total. The van der Waals surface area contributed by atoms with Crippen LogP contribution in [-0.4, -0.2) is 39.5 Å². The molecule has 0 unspecified atom stereocenters. The maximum absolute atomic E-state index is 12.7. The van der Waals surface area contributed by atoms with Crippen LogP contribution in [0.2, 0.25) is 0 Å². The fraction of sp³-hybridized carbons (Fsp3) is 0.190. The number of nitrogens with zero attached hydrogens (tertiary/aromatic N) is 2. The molecule has 1 atom stereocenters. The van der Waals surface area contributed by atoms with E-state index in [0.29, 0.717) is 17.4 Å². The molecule has 8 nitrogen and oxygen atoms in total. The second-order valence-corrected chi connectivity index (χ2v) is 6.80. The van der Waals surface area contributed by atoms with Crippen molar-refractivity contribution in [2.24, 2.45) is 7.05 Å². The Morgan fingerprint density at radius 1 is 1.17 bits per heavy atom. The van der Waals surface area contributed by atoms with E-state index in [4.69, 9.17) is 4.74 Å². The van der Waals surface area contributed by atoms with Crippen molar-refractivity contribution in [3.05, 3.63) is 54.2 Å². The molecule has 0 fully saturated rings. The van der Waals surface area contributed by atoms with Gasteiger partial charge >= 0.3 is 0 Å². The predicted octanol–water partition coefficient (Wildman–Crippen LogP) is 2.82. The number of methoxy groups -OCH3 is 1. The second kappa shape index (κ2) is 7.31. The smallest absolute Gasteiger partial charge is 0.268 e. The summed E-state index contributed by atoms with van der Waals surface area (Å²) in [6.45, 7) is 1.63. The van der Waals surface area contributed by atoms with Gasteiger partial charge in [0.1, 0.15) is 17.5 Å². The monoisotopic (exact) mass is 391 g/mol. The molecule has 0 saturated heterocycles.